The van der Waals surface area contributed by atoms with E-state index in [0.29, 0.717) is 0 Å². The van der Waals surface area contributed by atoms with Crippen molar-refractivity contribution in [3.63, 3.8) is 0 Å². The van der Waals surface area contributed by atoms with E-state index in [-0.39, 0.29) is 39.3 Å². The van der Waals surface area contributed by atoms with Crippen LogP contribution in [0.2, 0.25) is 0 Å². The number of anilines is 5. The number of thiophene rings is 1. The molecule has 2 nitrogen and oxygen atoms in total. The average Bonchev–Trinajstić information content (AvgIpc) is 3.67. The van der Waals surface area contributed by atoms with Gasteiger partial charge in [0.25, 0.3) is 0 Å². The highest BCUT2D eigenvalue weighted by Gasteiger charge is 2.49. The van der Waals surface area contributed by atoms with Crippen LogP contribution in [0, 0.1) is 6.92 Å². The summed E-state index contributed by atoms with van der Waals surface area (Å²) in [6.07, 6.45) is 10.6. The lowest BCUT2D eigenvalue weighted by Gasteiger charge is -2.49. The lowest BCUT2D eigenvalue weighted by atomic mass is 9.43. The lowest BCUT2D eigenvalue weighted by molar-refractivity contribution is 0.332. The smallest absolute Gasteiger partial charge is 0.333 e. The molecule has 0 atom stereocenters. The van der Waals surface area contributed by atoms with Gasteiger partial charge in [0.2, 0.25) is 0 Å². The third-order valence-electron chi connectivity index (χ3n) is 18.9. The van der Waals surface area contributed by atoms with Crippen molar-refractivity contribution < 1.29 is 0 Å². The molecule has 5 aliphatic rings. The first-order chi connectivity index (χ1) is 32.5. The van der Waals surface area contributed by atoms with Gasteiger partial charge in [0, 0.05) is 54.2 Å². The van der Waals surface area contributed by atoms with Crippen LogP contribution in [0.4, 0.5) is 28.4 Å². The summed E-state index contributed by atoms with van der Waals surface area (Å²) in [6, 6.07) is 38.0. The van der Waals surface area contributed by atoms with E-state index in [1.54, 1.807) is 0 Å². The third kappa shape index (κ3) is 6.68. The van der Waals surface area contributed by atoms with E-state index in [1.807, 2.05) is 11.3 Å². The van der Waals surface area contributed by atoms with Gasteiger partial charge < -0.3 is 9.71 Å². The van der Waals surface area contributed by atoms with Crippen molar-refractivity contribution in [1.29, 1.82) is 0 Å². The predicted octanol–water partition coefficient (Wildman–Crippen LogP) is 17.5. The predicted molar refractivity (Wildman–Crippen MR) is 302 cm³/mol. The summed E-state index contributed by atoms with van der Waals surface area (Å²) in [5, 5.41) is 2.72. The topological polar surface area (TPSA) is 6.48 Å². The summed E-state index contributed by atoms with van der Waals surface area (Å²) >= 11 is 1.96. The molecule has 354 valence electrons. The highest BCUT2D eigenvalue weighted by Crippen LogP contribution is 2.56. The first kappa shape index (κ1) is 45.4. The van der Waals surface area contributed by atoms with Gasteiger partial charge in [-0.15, -0.1) is 11.3 Å². The van der Waals surface area contributed by atoms with Crippen molar-refractivity contribution in [2.24, 2.45) is 0 Å². The quantitative estimate of drug-likeness (QED) is 0.159. The molecule has 3 heterocycles. The van der Waals surface area contributed by atoms with Crippen LogP contribution < -0.4 is 20.6 Å². The SMILES string of the molecule is CCCCc1cc2c3c(c1)N(c1cc4c(cc1C)C(C)(C)CCC4(C)C)c1cc4c(cc1B3N(c1ccc3c(c1)C(C)(C)CCC3(C)C)c1cc3c(cc1-2)C(C)(C)CCC3(C)C)sc1ccccc14. The van der Waals surface area contributed by atoms with Crippen molar-refractivity contribution in [2.45, 2.75) is 187 Å². The van der Waals surface area contributed by atoms with Gasteiger partial charge in [0.05, 0.1) is 0 Å². The van der Waals surface area contributed by atoms with E-state index >= 15 is 0 Å². The zero-order valence-corrected chi connectivity index (χ0v) is 45.2. The second kappa shape index (κ2) is 14.9. The zero-order chi connectivity index (χ0) is 48.5. The van der Waals surface area contributed by atoms with E-state index in [0.717, 1.165) is 6.42 Å². The number of nitrogens with zero attached hydrogens (tertiary/aromatic N) is 2. The Kier molecular flexibility index (Phi) is 9.78. The maximum Gasteiger partial charge on any atom is 0.333 e. The highest BCUT2D eigenvalue weighted by molar-refractivity contribution is 7.26. The van der Waals surface area contributed by atoms with Crippen LogP contribution in [-0.2, 0) is 38.9 Å². The number of rotatable bonds is 5. The highest BCUT2D eigenvalue weighted by atomic mass is 32.1. The largest absolute Gasteiger partial charge is 0.376 e. The number of fused-ring (bicyclic) bond motifs is 10. The molecule has 6 aromatic carbocycles. The first-order valence-electron chi connectivity index (χ1n) is 26.7. The van der Waals surface area contributed by atoms with Crippen LogP contribution in [0.3, 0.4) is 0 Å². The molecule has 0 saturated carbocycles. The molecule has 0 unspecified atom stereocenters. The summed E-state index contributed by atoms with van der Waals surface area (Å²) in [5.74, 6) is 0. The molecule has 69 heavy (non-hydrogen) atoms. The fourth-order valence-corrected chi connectivity index (χ4v) is 15.2. The van der Waals surface area contributed by atoms with Crippen LogP contribution in [0.15, 0.2) is 91.0 Å². The second-order valence-corrected chi connectivity index (χ2v) is 27.5. The molecular weight excluding hydrogens is 852 g/mol. The molecule has 0 fully saturated rings. The van der Waals surface area contributed by atoms with Crippen LogP contribution in [-0.4, -0.2) is 6.85 Å². The van der Waals surface area contributed by atoms with Gasteiger partial charge in [0.1, 0.15) is 0 Å². The Hall–Kier alpha value is -4.80. The molecule has 12 rings (SSSR count). The Morgan fingerprint density at radius 1 is 0.493 bits per heavy atom. The summed E-state index contributed by atoms with van der Waals surface area (Å²) in [6.45, 7) is 34.6. The molecule has 1 aromatic heterocycles. The first-order valence-corrected chi connectivity index (χ1v) is 27.5. The monoisotopic (exact) mass is 927 g/mol. The lowest BCUT2D eigenvalue weighted by Crippen LogP contribution is -2.61. The summed E-state index contributed by atoms with van der Waals surface area (Å²) in [7, 11) is 0. The molecule has 0 bridgehead atoms. The van der Waals surface area contributed by atoms with E-state index in [2.05, 4.69) is 198 Å². The zero-order valence-electron chi connectivity index (χ0n) is 44.4. The molecule has 0 saturated heterocycles. The summed E-state index contributed by atoms with van der Waals surface area (Å²) in [5.41, 5.74) is 24.9. The Balaban J connectivity index is 1.24. The van der Waals surface area contributed by atoms with Crippen molar-refractivity contribution in [3.8, 4) is 11.1 Å². The van der Waals surface area contributed by atoms with Crippen molar-refractivity contribution in [3.05, 3.63) is 136 Å². The van der Waals surface area contributed by atoms with E-state index in [9.17, 15) is 0 Å². The summed E-state index contributed by atoms with van der Waals surface area (Å²) < 4.78 is 2.73. The fourth-order valence-electron chi connectivity index (χ4n) is 14.0. The molecular formula is C65H75BN2S. The van der Waals surface area contributed by atoms with E-state index < -0.39 is 0 Å². The Bertz CT molecular complexity index is 3320. The molecule has 7 aromatic rings. The van der Waals surface area contributed by atoms with Gasteiger partial charge in [-0.3, -0.25) is 0 Å². The molecule has 2 aliphatic heterocycles. The van der Waals surface area contributed by atoms with Crippen molar-refractivity contribution in [2.75, 3.05) is 9.71 Å². The minimum Gasteiger partial charge on any atom is -0.376 e. The van der Waals surface area contributed by atoms with Gasteiger partial charge in [-0.1, -0.05) is 133 Å². The third-order valence-corrected chi connectivity index (χ3v) is 20.0. The Morgan fingerprint density at radius 3 is 1.70 bits per heavy atom. The molecule has 4 heteroatoms. The number of hydrogen-bond donors (Lipinski definition) is 0. The number of hydrogen-bond acceptors (Lipinski definition) is 3. The molecule has 0 radical (unpaired) electrons. The molecule has 0 amide bonds. The van der Waals surface area contributed by atoms with Crippen LogP contribution in [0.25, 0.3) is 31.3 Å². The number of aryl methyl sites for hydroxylation is 2. The number of benzene rings is 6. The molecule has 0 spiro atoms. The van der Waals surface area contributed by atoms with Gasteiger partial charge >= 0.3 is 6.85 Å². The normalized spacial score (nSPS) is 20.5. The van der Waals surface area contributed by atoms with Gasteiger partial charge in [-0.2, -0.15) is 0 Å². The maximum absolute atomic E-state index is 2.85. The minimum atomic E-state index is -0.0348. The second-order valence-electron chi connectivity index (χ2n) is 26.4. The molecule has 3 aliphatic carbocycles. The van der Waals surface area contributed by atoms with E-state index in [1.165, 1.54) is 167 Å². The Morgan fingerprint density at radius 2 is 1.06 bits per heavy atom. The van der Waals surface area contributed by atoms with Crippen LogP contribution >= 0.6 is 11.3 Å². The summed E-state index contributed by atoms with van der Waals surface area (Å²) in [4.78, 5) is 5.62. The average molecular weight is 927 g/mol. The van der Waals surface area contributed by atoms with Gasteiger partial charge in [0.15, 0.2) is 0 Å². The van der Waals surface area contributed by atoms with E-state index in [4.69, 9.17) is 0 Å². The van der Waals surface area contributed by atoms with Gasteiger partial charge in [-0.25, -0.2) is 0 Å². The van der Waals surface area contributed by atoms with Crippen molar-refractivity contribution in [1.82, 2.24) is 0 Å². The van der Waals surface area contributed by atoms with Crippen LogP contribution in [0.5, 0.6) is 0 Å². The molecule has 0 N–H and O–H groups in total. The number of unbranched alkanes of at least 4 members (excludes halogenated alkanes) is 1. The fraction of sp³-hybridized carbons (Fsp3) is 0.446. The van der Waals surface area contributed by atoms with Crippen molar-refractivity contribution >= 4 is 77.7 Å². The van der Waals surface area contributed by atoms with Gasteiger partial charge in [-0.05, 0) is 206 Å². The standard InChI is InChI=1S/C65H75BN2S/c1-15-16-19-40-31-45-43-34-49-51(65(13,14)29-27-63(49,9)10)37-54(43)68(41-22-23-46-48(33-41)62(7,8)25-24-60(46,3)4)66-52-38-58-44(42-20-17-18-21-57(42)69-58)35-55(52)67(56(32-40)59(45)66)53-36-50-47(30-39(53)2)61(5,6)26-28-64(50,11)12/h17-18,20-23,30-38H,15-16,19,24-29H2,1-14H3. The maximum atomic E-state index is 2.85. The minimum absolute atomic E-state index is 0.0348. The Labute approximate surface area is 419 Å². The van der Waals surface area contributed by atoms with Crippen LogP contribution in [0.1, 0.15) is 186 Å².